The average Bonchev–Trinajstić information content (AvgIpc) is 2.73. The largest absolute Gasteiger partial charge is 0.493 e. The Labute approximate surface area is 176 Å². The molecule has 7 nitrogen and oxygen atoms in total. The lowest BCUT2D eigenvalue weighted by molar-refractivity contribution is -0.117. The molecule has 0 aliphatic carbocycles. The number of carbonyl (C=O) groups is 3. The molecule has 0 aliphatic rings. The SMILES string of the molecule is CCC(=O)Nc1ccc(C)c(NC(=O)CCCOc2ccc(C(C)=O)cc2OC)c1. The number of rotatable bonds is 10. The molecule has 7 heteroatoms. The predicted molar refractivity (Wildman–Crippen MR) is 116 cm³/mol. The highest BCUT2D eigenvalue weighted by atomic mass is 16.5. The number of methoxy groups -OCH3 is 1. The van der Waals surface area contributed by atoms with Gasteiger partial charge >= 0.3 is 0 Å². The molecule has 0 heterocycles. The molecular weight excluding hydrogens is 384 g/mol. The predicted octanol–water partition coefficient (Wildman–Crippen LogP) is 4.35. The van der Waals surface area contributed by atoms with E-state index in [0.717, 1.165) is 5.56 Å². The Kier molecular flexibility index (Phi) is 8.41. The van der Waals surface area contributed by atoms with Gasteiger partial charge in [-0.1, -0.05) is 13.0 Å². The minimum Gasteiger partial charge on any atom is -0.493 e. The van der Waals surface area contributed by atoms with Crippen molar-refractivity contribution in [3.05, 3.63) is 47.5 Å². The number of hydrogen-bond acceptors (Lipinski definition) is 5. The fourth-order valence-corrected chi connectivity index (χ4v) is 2.72. The monoisotopic (exact) mass is 412 g/mol. The summed E-state index contributed by atoms with van der Waals surface area (Å²) < 4.78 is 11.0. The lowest BCUT2D eigenvalue weighted by atomic mass is 10.1. The van der Waals surface area contributed by atoms with Gasteiger partial charge in [0.25, 0.3) is 0 Å². The van der Waals surface area contributed by atoms with Crippen molar-refractivity contribution in [2.45, 2.75) is 40.0 Å². The lowest BCUT2D eigenvalue weighted by Crippen LogP contribution is -2.15. The number of anilines is 2. The van der Waals surface area contributed by atoms with Crippen LogP contribution in [0.4, 0.5) is 11.4 Å². The second-order valence-corrected chi connectivity index (χ2v) is 6.85. The van der Waals surface area contributed by atoms with E-state index < -0.39 is 0 Å². The fraction of sp³-hybridized carbons (Fsp3) is 0.348. The van der Waals surface area contributed by atoms with Gasteiger partial charge in [0.1, 0.15) is 0 Å². The molecule has 160 valence electrons. The van der Waals surface area contributed by atoms with Gasteiger partial charge in [-0.25, -0.2) is 0 Å². The molecule has 2 N–H and O–H groups in total. The maximum absolute atomic E-state index is 12.3. The summed E-state index contributed by atoms with van der Waals surface area (Å²) in [6.45, 7) is 5.49. The molecule has 2 amide bonds. The molecule has 0 saturated carbocycles. The van der Waals surface area contributed by atoms with Crippen LogP contribution in [0.5, 0.6) is 11.5 Å². The summed E-state index contributed by atoms with van der Waals surface area (Å²) in [6, 6.07) is 10.4. The number of ether oxygens (including phenoxy) is 2. The summed E-state index contributed by atoms with van der Waals surface area (Å²) in [4.78, 5) is 35.3. The summed E-state index contributed by atoms with van der Waals surface area (Å²) in [5.74, 6) is 0.733. The highest BCUT2D eigenvalue weighted by molar-refractivity contribution is 5.95. The van der Waals surface area contributed by atoms with Gasteiger partial charge in [-0.15, -0.1) is 0 Å². The highest BCUT2D eigenvalue weighted by Gasteiger charge is 2.10. The average molecular weight is 412 g/mol. The number of aryl methyl sites for hydroxylation is 1. The summed E-state index contributed by atoms with van der Waals surface area (Å²) in [6.07, 6.45) is 1.17. The van der Waals surface area contributed by atoms with Crippen molar-refractivity contribution in [2.75, 3.05) is 24.4 Å². The first-order chi connectivity index (χ1) is 14.3. The third-order valence-electron chi connectivity index (χ3n) is 4.49. The molecule has 2 rings (SSSR count). The molecule has 0 saturated heterocycles. The van der Waals surface area contributed by atoms with Gasteiger partial charge in [0, 0.05) is 29.8 Å². The van der Waals surface area contributed by atoms with Crippen molar-refractivity contribution in [1.29, 1.82) is 0 Å². The molecule has 0 bridgehead atoms. The minimum absolute atomic E-state index is 0.0508. The number of ketones is 1. The summed E-state index contributed by atoms with van der Waals surface area (Å²) >= 11 is 0. The van der Waals surface area contributed by atoms with Crippen molar-refractivity contribution >= 4 is 29.0 Å². The first kappa shape index (κ1) is 22.9. The third-order valence-corrected chi connectivity index (χ3v) is 4.49. The van der Waals surface area contributed by atoms with Crippen molar-refractivity contribution in [3.8, 4) is 11.5 Å². The maximum atomic E-state index is 12.3. The van der Waals surface area contributed by atoms with Gasteiger partial charge in [-0.2, -0.15) is 0 Å². The number of Topliss-reactive ketones (excluding diaryl/α,β-unsaturated/α-hetero) is 1. The highest BCUT2D eigenvalue weighted by Crippen LogP contribution is 2.28. The van der Waals surface area contributed by atoms with E-state index in [1.54, 1.807) is 37.3 Å². The molecule has 0 radical (unpaired) electrons. The van der Waals surface area contributed by atoms with E-state index in [1.807, 2.05) is 13.0 Å². The van der Waals surface area contributed by atoms with Gasteiger partial charge in [-0.3, -0.25) is 14.4 Å². The Morgan fingerprint density at radius 1 is 0.967 bits per heavy atom. The van der Waals surface area contributed by atoms with E-state index in [-0.39, 0.29) is 24.0 Å². The second-order valence-electron chi connectivity index (χ2n) is 6.85. The summed E-state index contributed by atoms with van der Waals surface area (Å²) in [7, 11) is 1.51. The number of hydrogen-bond donors (Lipinski definition) is 2. The summed E-state index contributed by atoms with van der Waals surface area (Å²) in [5.41, 5.74) is 2.76. The number of amides is 2. The van der Waals surface area contributed by atoms with Gasteiger partial charge in [-0.05, 0) is 56.2 Å². The Morgan fingerprint density at radius 2 is 1.73 bits per heavy atom. The molecule has 0 unspecified atom stereocenters. The van der Waals surface area contributed by atoms with E-state index in [2.05, 4.69) is 10.6 Å². The van der Waals surface area contributed by atoms with Gasteiger partial charge in [0.15, 0.2) is 17.3 Å². The van der Waals surface area contributed by atoms with E-state index in [9.17, 15) is 14.4 Å². The van der Waals surface area contributed by atoms with Crippen molar-refractivity contribution in [3.63, 3.8) is 0 Å². The van der Waals surface area contributed by atoms with Crippen LogP contribution in [0.25, 0.3) is 0 Å². The smallest absolute Gasteiger partial charge is 0.224 e. The van der Waals surface area contributed by atoms with Crippen LogP contribution in [-0.2, 0) is 9.59 Å². The number of nitrogens with one attached hydrogen (secondary N) is 2. The van der Waals surface area contributed by atoms with Crippen molar-refractivity contribution in [1.82, 2.24) is 0 Å². The molecule has 2 aromatic carbocycles. The van der Waals surface area contributed by atoms with Gasteiger partial charge in [0.2, 0.25) is 11.8 Å². The van der Waals surface area contributed by atoms with Gasteiger partial charge < -0.3 is 20.1 Å². The van der Waals surface area contributed by atoms with Gasteiger partial charge in [0.05, 0.1) is 13.7 Å². The van der Waals surface area contributed by atoms with Crippen LogP contribution in [0.15, 0.2) is 36.4 Å². The quantitative estimate of drug-likeness (QED) is 0.447. The Balaban J connectivity index is 1.86. The van der Waals surface area contributed by atoms with Crippen LogP contribution in [0.1, 0.15) is 49.0 Å². The molecule has 2 aromatic rings. The first-order valence-corrected chi connectivity index (χ1v) is 9.86. The van der Waals surface area contributed by atoms with Crippen LogP contribution in [-0.4, -0.2) is 31.3 Å². The Hall–Kier alpha value is -3.35. The zero-order valence-corrected chi connectivity index (χ0v) is 17.8. The van der Waals surface area contributed by atoms with E-state index >= 15 is 0 Å². The normalized spacial score (nSPS) is 10.3. The van der Waals surface area contributed by atoms with E-state index in [0.29, 0.717) is 47.9 Å². The standard InChI is InChI=1S/C23H28N2O5/c1-5-22(27)24-18-10-8-15(2)19(14-18)25-23(28)7-6-12-30-20-11-9-17(16(3)26)13-21(20)29-4/h8-11,13-14H,5-7,12H2,1-4H3,(H,24,27)(H,25,28). The molecule has 0 fully saturated rings. The topological polar surface area (TPSA) is 93.7 Å². The fourth-order valence-electron chi connectivity index (χ4n) is 2.72. The number of carbonyl (C=O) groups excluding carboxylic acids is 3. The van der Waals surface area contributed by atoms with E-state index in [1.165, 1.54) is 14.0 Å². The van der Waals surface area contributed by atoms with E-state index in [4.69, 9.17) is 9.47 Å². The Morgan fingerprint density at radius 3 is 2.40 bits per heavy atom. The molecule has 0 aromatic heterocycles. The molecule has 0 aliphatic heterocycles. The van der Waals surface area contributed by atoms with Crippen LogP contribution in [0.2, 0.25) is 0 Å². The lowest BCUT2D eigenvalue weighted by Gasteiger charge is -2.13. The third kappa shape index (κ3) is 6.62. The van der Waals surface area contributed by atoms with Crippen LogP contribution >= 0.6 is 0 Å². The van der Waals surface area contributed by atoms with Crippen molar-refractivity contribution in [2.24, 2.45) is 0 Å². The summed E-state index contributed by atoms with van der Waals surface area (Å²) in [5, 5.41) is 5.66. The van der Waals surface area contributed by atoms with Crippen LogP contribution in [0.3, 0.4) is 0 Å². The molecule has 0 atom stereocenters. The van der Waals surface area contributed by atoms with Crippen LogP contribution in [0, 0.1) is 6.92 Å². The Bertz CT molecular complexity index is 924. The maximum Gasteiger partial charge on any atom is 0.224 e. The molecular formula is C23H28N2O5. The zero-order chi connectivity index (χ0) is 22.1. The van der Waals surface area contributed by atoms with Crippen LogP contribution < -0.4 is 20.1 Å². The molecule has 0 spiro atoms. The first-order valence-electron chi connectivity index (χ1n) is 9.86. The molecule has 30 heavy (non-hydrogen) atoms. The zero-order valence-electron chi connectivity index (χ0n) is 17.8. The second kappa shape index (κ2) is 11.0. The number of benzene rings is 2. The minimum atomic E-state index is -0.139. The van der Waals surface area contributed by atoms with Crippen molar-refractivity contribution < 1.29 is 23.9 Å².